The van der Waals surface area contributed by atoms with Crippen LogP contribution in [0, 0.1) is 0 Å². The number of hydrogen-bond donors (Lipinski definition) is 1. The van der Waals surface area contributed by atoms with Gasteiger partial charge in [-0.05, 0) is 42.0 Å². The lowest BCUT2D eigenvalue weighted by Gasteiger charge is -2.43. The van der Waals surface area contributed by atoms with Gasteiger partial charge in [-0.1, -0.05) is 12.1 Å². The normalized spacial score (nSPS) is 22.4. The van der Waals surface area contributed by atoms with Crippen LogP contribution in [-0.4, -0.2) is 39.3 Å². The van der Waals surface area contributed by atoms with Crippen LogP contribution in [0.3, 0.4) is 0 Å². The van der Waals surface area contributed by atoms with Crippen LogP contribution >= 0.6 is 0 Å². The highest BCUT2D eigenvalue weighted by Crippen LogP contribution is 2.50. The number of hydrogen-bond acceptors (Lipinski definition) is 6. The Bertz CT molecular complexity index is 1460. The van der Waals surface area contributed by atoms with Crippen LogP contribution in [0.5, 0.6) is 0 Å². The monoisotopic (exact) mass is 451 g/mol. The number of carbonyl (C=O) groups is 1. The van der Waals surface area contributed by atoms with E-state index in [1.807, 2.05) is 12.1 Å². The summed E-state index contributed by atoms with van der Waals surface area (Å²) in [5, 5.41) is 12.9. The maximum absolute atomic E-state index is 13.5. The third kappa shape index (κ3) is 2.82. The van der Waals surface area contributed by atoms with E-state index < -0.39 is 29.4 Å². The van der Waals surface area contributed by atoms with Gasteiger partial charge in [0, 0.05) is 35.3 Å². The standard InChI is InChI=1S/C24H16F3N3O3/c25-24(26,27)13-4-1-5-14(10-13)30-20-17(11-23(32)12-33-22(31)21(23)30)15-6-2-8-28-18(15)16-7-3-9-29-19(16)20/h1-10,21,32H,11-12H2. The van der Waals surface area contributed by atoms with Crippen molar-refractivity contribution >= 4 is 39.1 Å². The van der Waals surface area contributed by atoms with Gasteiger partial charge >= 0.3 is 12.1 Å². The minimum absolute atomic E-state index is 0.0723. The first kappa shape index (κ1) is 19.9. The molecule has 2 atom stereocenters. The molecule has 166 valence electrons. The number of anilines is 2. The lowest BCUT2D eigenvalue weighted by atomic mass is 9.80. The molecule has 9 heteroatoms. The molecule has 2 aromatic heterocycles. The smallest absolute Gasteiger partial charge is 0.416 e. The Labute approximate surface area is 185 Å². The van der Waals surface area contributed by atoms with Crippen LogP contribution < -0.4 is 4.90 Å². The van der Waals surface area contributed by atoms with Crippen molar-refractivity contribution in [2.45, 2.75) is 24.2 Å². The Kier molecular flexibility index (Phi) is 4.01. The van der Waals surface area contributed by atoms with Crippen molar-refractivity contribution in [3.05, 3.63) is 72.1 Å². The molecule has 6 rings (SSSR count). The van der Waals surface area contributed by atoms with Gasteiger partial charge in [0.25, 0.3) is 0 Å². The van der Waals surface area contributed by atoms with Gasteiger partial charge in [0.1, 0.15) is 12.2 Å². The number of cyclic esters (lactones) is 1. The number of aliphatic hydroxyl groups is 1. The first-order valence-electron chi connectivity index (χ1n) is 10.3. The van der Waals surface area contributed by atoms with E-state index in [0.29, 0.717) is 27.7 Å². The average Bonchev–Trinajstić information content (AvgIpc) is 3.11. The van der Waals surface area contributed by atoms with E-state index >= 15 is 0 Å². The summed E-state index contributed by atoms with van der Waals surface area (Å²) in [7, 11) is 0. The fourth-order valence-corrected chi connectivity index (χ4v) is 4.97. The van der Waals surface area contributed by atoms with Crippen molar-refractivity contribution < 1.29 is 27.8 Å². The third-order valence-electron chi connectivity index (χ3n) is 6.34. The molecule has 2 unspecified atom stereocenters. The summed E-state index contributed by atoms with van der Waals surface area (Å²) in [5.74, 6) is -0.698. The maximum Gasteiger partial charge on any atom is 0.416 e. The number of carbonyl (C=O) groups excluding carboxylic acids is 1. The summed E-state index contributed by atoms with van der Waals surface area (Å²) in [6.07, 6.45) is -1.28. The molecule has 33 heavy (non-hydrogen) atoms. The minimum Gasteiger partial charge on any atom is -0.461 e. The summed E-state index contributed by atoms with van der Waals surface area (Å²) < 4.78 is 45.8. The fourth-order valence-electron chi connectivity index (χ4n) is 4.97. The second-order valence-electron chi connectivity index (χ2n) is 8.33. The number of benzene rings is 2. The molecular formula is C24H16F3N3O3. The summed E-state index contributed by atoms with van der Waals surface area (Å²) in [5.41, 5.74) is -0.0972. The SMILES string of the molecule is O=C1OCC2(O)Cc3c(c4ncccc4c4ncccc34)N(c3cccc(C(F)(F)F)c3)C12. The highest BCUT2D eigenvalue weighted by atomic mass is 19.4. The number of halogens is 3. The summed E-state index contributed by atoms with van der Waals surface area (Å²) in [4.78, 5) is 23.3. The lowest BCUT2D eigenvalue weighted by Crippen LogP contribution is -2.56. The first-order valence-corrected chi connectivity index (χ1v) is 10.3. The molecule has 2 aliphatic rings. The molecular weight excluding hydrogens is 435 g/mol. The van der Waals surface area contributed by atoms with Gasteiger partial charge in [-0.25, -0.2) is 4.79 Å². The number of esters is 1. The zero-order valence-electron chi connectivity index (χ0n) is 17.0. The van der Waals surface area contributed by atoms with Crippen LogP contribution in [0.15, 0.2) is 60.9 Å². The van der Waals surface area contributed by atoms with E-state index in [2.05, 4.69) is 9.97 Å². The Morgan fingerprint density at radius 1 is 1.03 bits per heavy atom. The highest BCUT2D eigenvalue weighted by molar-refractivity contribution is 6.14. The number of pyridine rings is 2. The zero-order chi connectivity index (χ0) is 23.0. The third-order valence-corrected chi connectivity index (χ3v) is 6.34. The maximum atomic E-state index is 13.5. The van der Waals surface area contributed by atoms with E-state index in [-0.39, 0.29) is 18.7 Å². The largest absolute Gasteiger partial charge is 0.461 e. The van der Waals surface area contributed by atoms with Crippen LogP contribution in [0.1, 0.15) is 11.1 Å². The quantitative estimate of drug-likeness (QED) is 0.346. The van der Waals surface area contributed by atoms with E-state index in [4.69, 9.17) is 4.74 Å². The van der Waals surface area contributed by atoms with Gasteiger partial charge in [-0.2, -0.15) is 13.2 Å². The van der Waals surface area contributed by atoms with Crippen molar-refractivity contribution in [1.29, 1.82) is 0 Å². The molecule has 6 nitrogen and oxygen atoms in total. The molecule has 2 aliphatic heterocycles. The second kappa shape index (κ2) is 6.64. The fraction of sp³-hybridized carbons (Fsp3) is 0.208. The summed E-state index contributed by atoms with van der Waals surface area (Å²) >= 11 is 0. The Balaban J connectivity index is 1.74. The van der Waals surface area contributed by atoms with Gasteiger partial charge < -0.3 is 14.7 Å². The number of rotatable bonds is 1. The van der Waals surface area contributed by atoms with Crippen LogP contribution in [0.25, 0.3) is 21.8 Å². The van der Waals surface area contributed by atoms with Crippen molar-refractivity contribution in [3.8, 4) is 0 Å². The van der Waals surface area contributed by atoms with Gasteiger partial charge in [-0.3, -0.25) is 9.97 Å². The van der Waals surface area contributed by atoms with Crippen LogP contribution in [0.4, 0.5) is 24.5 Å². The van der Waals surface area contributed by atoms with Crippen molar-refractivity contribution in [1.82, 2.24) is 9.97 Å². The summed E-state index contributed by atoms with van der Waals surface area (Å²) in [6.45, 7) is -0.257. The predicted octanol–water partition coefficient (Wildman–Crippen LogP) is 4.15. The molecule has 2 aromatic carbocycles. The Morgan fingerprint density at radius 3 is 2.52 bits per heavy atom. The molecule has 0 amide bonds. The van der Waals surface area contributed by atoms with Crippen molar-refractivity contribution in [3.63, 3.8) is 0 Å². The van der Waals surface area contributed by atoms with Gasteiger partial charge in [0.05, 0.1) is 22.3 Å². The van der Waals surface area contributed by atoms with Crippen molar-refractivity contribution in [2.24, 2.45) is 0 Å². The van der Waals surface area contributed by atoms with E-state index in [0.717, 1.165) is 17.5 Å². The number of fused-ring (bicyclic) bond motifs is 7. The zero-order valence-corrected chi connectivity index (χ0v) is 17.0. The minimum atomic E-state index is -4.57. The molecule has 4 heterocycles. The molecule has 0 aliphatic carbocycles. The Hall–Kier alpha value is -3.72. The van der Waals surface area contributed by atoms with E-state index in [1.54, 1.807) is 24.5 Å². The van der Waals surface area contributed by atoms with Crippen LogP contribution in [0.2, 0.25) is 0 Å². The number of alkyl halides is 3. The molecule has 0 radical (unpaired) electrons. The number of aromatic nitrogens is 2. The Morgan fingerprint density at radius 2 is 1.76 bits per heavy atom. The van der Waals surface area contributed by atoms with E-state index in [9.17, 15) is 23.1 Å². The average molecular weight is 451 g/mol. The van der Waals surface area contributed by atoms with Gasteiger partial charge in [0.2, 0.25) is 0 Å². The molecule has 0 spiro atoms. The molecule has 0 bridgehead atoms. The van der Waals surface area contributed by atoms with Gasteiger partial charge in [-0.15, -0.1) is 0 Å². The molecule has 4 aromatic rings. The summed E-state index contributed by atoms with van der Waals surface area (Å²) in [6, 6.07) is 10.7. The molecule has 1 saturated heterocycles. The topological polar surface area (TPSA) is 75.5 Å². The highest BCUT2D eigenvalue weighted by Gasteiger charge is 2.57. The predicted molar refractivity (Wildman–Crippen MR) is 114 cm³/mol. The molecule has 1 N–H and O–H groups in total. The lowest BCUT2D eigenvalue weighted by molar-refractivity contribution is -0.139. The number of ether oxygens (including phenoxy) is 1. The van der Waals surface area contributed by atoms with Gasteiger partial charge in [0.15, 0.2) is 6.04 Å². The second-order valence-corrected chi connectivity index (χ2v) is 8.33. The van der Waals surface area contributed by atoms with Crippen LogP contribution in [-0.2, 0) is 22.1 Å². The molecule has 0 saturated carbocycles. The molecule has 1 fully saturated rings. The van der Waals surface area contributed by atoms with Crippen molar-refractivity contribution in [2.75, 3.05) is 11.5 Å². The number of nitrogens with zero attached hydrogens (tertiary/aromatic N) is 3. The van der Waals surface area contributed by atoms with E-state index in [1.165, 1.54) is 17.0 Å². The first-order chi connectivity index (χ1) is 15.8.